The number of benzene rings is 1. The fourth-order valence-corrected chi connectivity index (χ4v) is 5.96. The first kappa shape index (κ1) is 25.2. The third kappa shape index (κ3) is 5.48. The van der Waals surface area contributed by atoms with Gasteiger partial charge in [-0.15, -0.1) is 11.3 Å². The Hall–Kier alpha value is -3.41. The molecule has 2 aliphatic rings. The number of nitrogens with one attached hydrogen (secondary N) is 2. The molecule has 0 saturated carbocycles. The fourth-order valence-electron chi connectivity index (χ4n) is 4.99. The number of aromatic nitrogens is 2. The number of hydrogen-bond donors (Lipinski definition) is 2. The lowest BCUT2D eigenvalue weighted by Crippen LogP contribution is -2.44. The van der Waals surface area contributed by atoms with Gasteiger partial charge in [-0.05, 0) is 30.9 Å². The normalized spacial score (nSPS) is 18.9. The van der Waals surface area contributed by atoms with Gasteiger partial charge in [0.05, 0.1) is 11.4 Å². The maximum absolute atomic E-state index is 12.9. The number of carbonyl (C=O) groups is 3. The molecule has 0 radical (unpaired) electrons. The third-order valence-corrected chi connectivity index (χ3v) is 8.03. The topological polar surface area (TPSA) is 98.4 Å². The first-order chi connectivity index (χ1) is 17.7. The molecular weight excluding hydrogens is 507 g/mol. The zero-order valence-electron chi connectivity index (χ0n) is 19.9. The van der Waals surface area contributed by atoms with Gasteiger partial charge in [0.25, 0.3) is 5.91 Å². The van der Waals surface area contributed by atoms with Crippen LogP contribution in [0, 0.1) is 0 Å². The van der Waals surface area contributed by atoms with Crippen LogP contribution >= 0.6 is 11.3 Å². The highest BCUT2D eigenvalue weighted by Gasteiger charge is 2.41. The molecule has 196 valence electrons. The van der Waals surface area contributed by atoms with Gasteiger partial charge in [-0.3, -0.25) is 14.4 Å². The van der Waals surface area contributed by atoms with Crippen molar-refractivity contribution in [3.05, 3.63) is 52.1 Å². The van der Waals surface area contributed by atoms with Crippen LogP contribution in [0.25, 0.3) is 10.9 Å². The zero-order chi connectivity index (χ0) is 26.2. The maximum Gasteiger partial charge on any atom is 0.471 e. The Morgan fingerprint density at radius 3 is 2.57 bits per heavy atom. The van der Waals surface area contributed by atoms with Gasteiger partial charge in [-0.1, -0.05) is 18.2 Å². The van der Waals surface area contributed by atoms with Crippen LogP contribution in [0.5, 0.6) is 0 Å². The Kier molecular flexibility index (Phi) is 6.93. The molecule has 2 saturated heterocycles. The maximum atomic E-state index is 12.9. The number of nitrogens with zero attached hydrogens (tertiary/aromatic N) is 3. The van der Waals surface area contributed by atoms with Crippen LogP contribution in [0.15, 0.2) is 35.8 Å². The standard InChI is InChI=1S/C25H26F3N5O3S/c26-25(27,28)24(36)30-17-7-10-33(13-17)23(35)20-14-37-22(31-20)15-5-8-32(9-6-15)21(34)11-16-12-29-19-4-2-1-3-18(16)19/h1-4,12,14-15,17,29H,5-11,13H2,(H,30,36). The van der Waals surface area contributed by atoms with Crippen LogP contribution in [0.3, 0.4) is 0 Å². The number of carbonyl (C=O) groups excluding carboxylic acids is 3. The monoisotopic (exact) mass is 533 g/mol. The molecule has 0 spiro atoms. The van der Waals surface area contributed by atoms with Crippen LogP contribution in [0.2, 0.25) is 0 Å². The summed E-state index contributed by atoms with van der Waals surface area (Å²) in [6.45, 7) is 1.50. The quantitative estimate of drug-likeness (QED) is 0.525. The lowest BCUT2D eigenvalue weighted by atomic mass is 9.97. The highest BCUT2D eigenvalue weighted by atomic mass is 32.1. The van der Waals surface area contributed by atoms with Gasteiger partial charge in [0.15, 0.2) is 0 Å². The average Bonchev–Trinajstić information content (AvgIpc) is 3.64. The Morgan fingerprint density at radius 1 is 1.08 bits per heavy atom. The van der Waals surface area contributed by atoms with Crippen LogP contribution in [0.1, 0.15) is 46.2 Å². The molecule has 0 bridgehead atoms. The van der Waals surface area contributed by atoms with Crippen molar-refractivity contribution in [3.8, 4) is 0 Å². The minimum Gasteiger partial charge on any atom is -0.361 e. The zero-order valence-corrected chi connectivity index (χ0v) is 20.7. The van der Waals surface area contributed by atoms with E-state index in [1.165, 1.54) is 16.2 Å². The van der Waals surface area contributed by atoms with E-state index in [1.54, 1.807) is 5.38 Å². The molecule has 3 aromatic rings. The number of amides is 3. The number of rotatable bonds is 5. The molecule has 1 aromatic carbocycles. The minimum atomic E-state index is -4.95. The summed E-state index contributed by atoms with van der Waals surface area (Å²) >= 11 is 1.39. The predicted molar refractivity (Wildman–Crippen MR) is 131 cm³/mol. The molecule has 3 amide bonds. The highest BCUT2D eigenvalue weighted by molar-refractivity contribution is 7.09. The van der Waals surface area contributed by atoms with Crippen LogP contribution in [-0.4, -0.2) is 75.9 Å². The van der Waals surface area contributed by atoms with E-state index in [1.807, 2.05) is 40.7 Å². The number of fused-ring (bicyclic) bond motifs is 1. The van der Waals surface area contributed by atoms with Crippen molar-refractivity contribution < 1.29 is 27.6 Å². The Balaban J connectivity index is 1.12. The summed E-state index contributed by atoms with van der Waals surface area (Å²) in [7, 11) is 0. The van der Waals surface area contributed by atoms with Crippen molar-refractivity contribution in [2.45, 2.75) is 43.8 Å². The summed E-state index contributed by atoms with van der Waals surface area (Å²) in [5.74, 6) is -2.12. The molecule has 0 aliphatic carbocycles. The van der Waals surface area contributed by atoms with Crippen LogP contribution < -0.4 is 5.32 Å². The van der Waals surface area contributed by atoms with Gasteiger partial charge in [-0.25, -0.2) is 4.98 Å². The Morgan fingerprint density at radius 2 is 1.81 bits per heavy atom. The van der Waals surface area contributed by atoms with E-state index in [2.05, 4.69) is 9.97 Å². The molecule has 2 aliphatic heterocycles. The summed E-state index contributed by atoms with van der Waals surface area (Å²) in [5.41, 5.74) is 2.25. The number of H-pyrrole nitrogens is 1. The van der Waals surface area contributed by atoms with Crippen molar-refractivity contribution in [1.29, 1.82) is 0 Å². The van der Waals surface area contributed by atoms with Gasteiger partial charge in [0, 0.05) is 60.6 Å². The molecule has 1 unspecified atom stereocenters. The lowest BCUT2D eigenvalue weighted by Gasteiger charge is -2.31. The van der Waals surface area contributed by atoms with Crippen molar-refractivity contribution in [2.24, 2.45) is 0 Å². The predicted octanol–water partition coefficient (Wildman–Crippen LogP) is 3.47. The number of likely N-dealkylation sites (tertiary alicyclic amines) is 2. The highest BCUT2D eigenvalue weighted by Crippen LogP contribution is 2.31. The second kappa shape index (κ2) is 10.2. The average molecular weight is 534 g/mol. The van der Waals surface area contributed by atoms with Gasteiger partial charge >= 0.3 is 12.1 Å². The van der Waals surface area contributed by atoms with E-state index in [0.717, 1.165) is 34.3 Å². The molecule has 5 rings (SSSR count). The van der Waals surface area contributed by atoms with Gasteiger partial charge < -0.3 is 20.1 Å². The molecule has 8 nitrogen and oxygen atoms in total. The van der Waals surface area contributed by atoms with E-state index in [4.69, 9.17) is 0 Å². The number of alkyl halides is 3. The number of hydrogen-bond acceptors (Lipinski definition) is 5. The Bertz CT molecular complexity index is 1310. The SMILES string of the molecule is O=C(Cc1c[nH]c2ccccc12)N1CCC(c2nc(C(=O)N3CCC(NC(=O)C(F)(F)F)C3)cs2)CC1. The van der Waals surface area contributed by atoms with Crippen LogP contribution in [0.4, 0.5) is 13.2 Å². The molecule has 4 heterocycles. The molecule has 37 heavy (non-hydrogen) atoms. The number of para-hydroxylation sites is 1. The molecular formula is C25H26F3N5O3S. The smallest absolute Gasteiger partial charge is 0.361 e. The molecule has 12 heteroatoms. The molecule has 1 atom stereocenters. The first-order valence-corrected chi connectivity index (χ1v) is 13.0. The van der Waals surface area contributed by atoms with Crippen molar-refractivity contribution in [1.82, 2.24) is 25.1 Å². The number of piperidine rings is 1. The largest absolute Gasteiger partial charge is 0.471 e. The molecule has 2 N–H and O–H groups in total. The minimum absolute atomic E-state index is 0.0183. The van der Waals surface area contributed by atoms with Gasteiger partial charge in [0.1, 0.15) is 5.69 Å². The van der Waals surface area contributed by atoms with E-state index in [-0.39, 0.29) is 42.9 Å². The second-order valence-electron chi connectivity index (χ2n) is 9.47. The second-order valence-corrected chi connectivity index (χ2v) is 10.4. The number of aromatic amines is 1. The molecule has 2 aromatic heterocycles. The fraction of sp³-hybridized carbons (Fsp3) is 0.440. The lowest BCUT2D eigenvalue weighted by molar-refractivity contribution is -0.174. The number of thiazole rings is 1. The summed E-state index contributed by atoms with van der Waals surface area (Å²) < 4.78 is 37.5. The van der Waals surface area contributed by atoms with Crippen molar-refractivity contribution >= 4 is 40.0 Å². The van der Waals surface area contributed by atoms with E-state index < -0.39 is 18.1 Å². The van der Waals surface area contributed by atoms with Crippen LogP contribution in [-0.2, 0) is 16.0 Å². The summed E-state index contributed by atoms with van der Waals surface area (Å²) in [6.07, 6.45) is -0.972. The van der Waals surface area contributed by atoms with E-state index in [0.29, 0.717) is 19.5 Å². The Labute approximate surface area is 214 Å². The molecule has 2 fully saturated rings. The van der Waals surface area contributed by atoms with Gasteiger partial charge in [-0.2, -0.15) is 13.2 Å². The summed E-state index contributed by atoms with van der Waals surface area (Å²) in [5, 5.41) is 5.49. The van der Waals surface area contributed by atoms with Gasteiger partial charge in [0.2, 0.25) is 5.91 Å². The van der Waals surface area contributed by atoms with Crippen molar-refractivity contribution in [3.63, 3.8) is 0 Å². The summed E-state index contributed by atoms with van der Waals surface area (Å²) in [6, 6.07) is 7.16. The van der Waals surface area contributed by atoms with E-state index in [9.17, 15) is 27.6 Å². The van der Waals surface area contributed by atoms with E-state index >= 15 is 0 Å². The first-order valence-electron chi connectivity index (χ1n) is 12.1. The summed E-state index contributed by atoms with van der Waals surface area (Å²) in [4.78, 5) is 47.9. The van der Waals surface area contributed by atoms with Crippen molar-refractivity contribution in [2.75, 3.05) is 26.2 Å². The number of halogens is 3. The third-order valence-electron chi connectivity index (χ3n) is 7.02.